The van der Waals surface area contributed by atoms with Gasteiger partial charge in [0.2, 0.25) is 0 Å². The number of carbonyl (C=O) groups excluding carboxylic acids is 1. The molecular weight excluding hydrogens is 310 g/mol. The fourth-order valence-corrected chi connectivity index (χ4v) is 7.40. The number of nitrogens with zero attached hydrogens (tertiary/aromatic N) is 1. The number of allylic oxidation sites excluding steroid dienone is 2. The largest absolute Gasteiger partial charge is 0.462 e. The number of carbonyl (C=O) groups is 1. The van der Waals surface area contributed by atoms with Gasteiger partial charge in [-0.1, -0.05) is 19.9 Å². The van der Waals surface area contributed by atoms with Gasteiger partial charge < -0.3 is 4.74 Å². The van der Waals surface area contributed by atoms with Crippen molar-refractivity contribution in [2.45, 2.75) is 78.2 Å². The zero-order valence-electron chi connectivity index (χ0n) is 15.9. The van der Waals surface area contributed by atoms with E-state index in [1.54, 1.807) is 6.92 Å². The number of ether oxygens (including phenoxy) is 1. The van der Waals surface area contributed by atoms with Crippen LogP contribution in [0.15, 0.2) is 11.6 Å². The Bertz CT molecular complexity index is 647. The second-order valence-corrected chi connectivity index (χ2v) is 9.63. The van der Waals surface area contributed by atoms with Crippen LogP contribution in [0.2, 0.25) is 0 Å². The molecule has 3 heteroatoms. The Morgan fingerprint density at radius 1 is 1.16 bits per heavy atom. The van der Waals surface area contributed by atoms with Gasteiger partial charge in [-0.3, -0.25) is 4.79 Å². The summed E-state index contributed by atoms with van der Waals surface area (Å²) in [6.07, 6.45) is 11.7. The number of esters is 1. The molecule has 0 spiro atoms. The van der Waals surface area contributed by atoms with Crippen LogP contribution in [0.1, 0.15) is 72.1 Å². The molecule has 4 rings (SSSR count). The van der Waals surface area contributed by atoms with Gasteiger partial charge in [-0.05, 0) is 80.5 Å². The standard InChI is InChI=1S/C22H31NO2/c1-14(24)25-20-9-8-18-17-7-6-16-5-4-15(13-23)12-22(16,3)19(17)10-11-21(18,20)2/h4,16-20H,5-12H2,1-3H3. The lowest BCUT2D eigenvalue weighted by Crippen LogP contribution is -2.53. The first-order valence-corrected chi connectivity index (χ1v) is 10.1. The number of hydrogen-bond acceptors (Lipinski definition) is 3. The monoisotopic (exact) mass is 341 g/mol. The van der Waals surface area contributed by atoms with E-state index in [1.807, 2.05) is 0 Å². The van der Waals surface area contributed by atoms with E-state index >= 15 is 0 Å². The number of fused-ring (bicyclic) bond motifs is 5. The van der Waals surface area contributed by atoms with E-state index in [0.29, 0.717) is 11.3 Å². The second kappa shape index (κ2) is 5.86. The molecule has 7 atom stereocenters. The number of rotatable bonds is 1. The molecular formula is C22H31NO2. The topological polar surface area (TPSA) is 50.1 Å². The van der Waals surface area contributed by atoms with Gasteiger partial charge in [0.25, 0.3) is 0 Å². The Balaban J connectivity index is 1.61. The molecule has 3 saturated carbocycles. The van der Waals surface area contributed by atoms with Crippen molar-refractivity contribution < 1.29 is 9.53 Å². The van der Waals surface area contributed by atoms with Gasteiger partial charge in [0.1, 0.15) is 6.10 Å². The van der Waals surface area contributed by atoms with Crippen LogP contribution in [-0.4, -0.2) is 12.1 Å². The van der Waals surface area contributed by atoms with E-state index in [0.717, 1.165) is 42.6 Å². The summed E-state index contributed by atoms with van der Waals surface area (Å²) in [5, 5.41) is 9.43. The lowest BCUT2D eigenvalue weighted by atomic mass is 9.45. The summed E-state index contributed by atoms with van der Waals surface area (Å²) in [5.74, 6) is 2.79. The van der Waals surface area contributed by atoms with Gasteiger partial charge in [-0.15, -0.1) is 0 Å². The zero-order valence-corrected chi connectivity index (χ0v) is 15.9. The average Bonchev–Trinajstić information content (AvgIpc) is 2.90. The molecule has 25 heavy (non-hydrogen) atoms. The van der Waals surface area contributed by atoms with Crippen molar-refractivity contribution in [3.8, 4) is 6.07 Å². The molecule has 136 valence electrons. The van der Waals surface area contributed by atoms with Crippen LogP contribution < -0.4 is 0 Å². The van der Waals surface area contributed by atoms with Gasteiger partial charge in [-0.25, -0.2) is 0 Å². The number of hydrogen-bond donors (Lipinski definition) is 0. The normalized spacial score (nSPS) is 48.4. The maximum atomic E-state index is 11.5. The highest BCUT2D eigenvalue weighted by molar-refractivity contribution is 5.66. The first-order chi connectivity index (χ1) is 11.9. The van der Waals surface area contributed by atoms with Gasteiger partial charge in [-0.2, -0.15) is 5.26 Å². The summed E-state index contributed by atoms with van der Waals surface area (Å²) < 4.78 is 5.74. The third-order valence-corrected chi connectivity index (χ3v) is 8.65. The highest BCUT2D eigenvalue weighted by atomic mass is 16.5. The minimum atomic E-state index is -0.124. The Hall–Kier alpha value is -1.30. The molecule has 0 aromatic carbocycles. The van der Waals surface area contributed by atoms with E-state index in [-0.39, 0.29) is 17.5 Å². The summed E-state index contributed by atoms with van der Waals surface area (Å²) in [6, 6.07) is 2.44. The maximum Gasteiger partial charge on any atom is 0.302 e. The van der Waals surface area contributed by atoms with Crippen molar-refractivity contribution in [2.75, 3.05) is 0 Å². The summed E-state index contributed by atoms with van der Waals surface area (Å²) in [7, 11) is 0. The van der Waals surface area contributed by atoms with Crippen LogP contribution in [0.3, 0.4) is 0 Å². The van der Waals surface area contributed by atoms with Crippen molar-refractivity contribution in [1.82, 2.24) is 0 Å². The van der Waals surface area contributed by atoms with E-state index < -0.39 is 0 Å². The third kappa shape index (κ3) is 2.47. The van der Waals surface area contributed by atoms with Crippen LogP contribution in [-0.2, 0) is 9.53 Å². The zero-order chi connectivity index (χ0) is 17.8. The van der Waals surface area contributed by atoms with Crippen molar-refractivity contribution in [3.05, 3.63) is 11.6 Å². The number of nitriles is 1. The SMILES string of the molecule is CC(=O)OC1CCC2C3CCC4CC=C(C#N)CC4(C)C3CCC12C. The van der Waals surface area contributed by atoms with Gasteiger partial charge in [0.05, 0.1) is 6.07 Å². The molecule has 0 aliphatic heterocycles. The molecule has 3 fully saturated rings. The molecule has 0 saturated heterocycles. The third-order valence-electron chi connectivity index (χ3n) is 8.65. The Morgan fingerprint density at radius 2 is 1.92 bits per heavy atom. The van der Waals surface area contributed by atoms with Crippen molar-refractivity contribution in [2.24, 2.45) is 34.5 Å². The lowest BCUT2D eigenvalue weighted by molar-refractivity contribution is -0.159. The van der Waals surface area contributed by atoms with Gasteiger partial charge >= 0.3 is 5.97 Å². The second-order valence-electron chi connectivity index (χ2n) is 9.63. The quantitative estimate of drug-likeness (QED) is 0.629. The Labute approximate surface area is 151 Å². The predicted octanol–water partition coefficient (Wildman–Crippen LogP) is 5.02. The highest BCUT2D eigenvalue weighted by Crippen LogP contribution is 2.66. The fraction of sp³-hybridized carbons (Fsp3) is 0.818. The molecule has 0 aromatic heterocycles. The predicted molar refractivity (Wildman–Crippen MR) is 96.4 cm³/mol. The Morgan fingerprint density at radius 3 is 2.64 bits per heavy atom. The van der Waals surface area contributed by atoms with Crippen LogP contribution in [0, 0.1) is 45.8 Å². The molecule has 4 aliphatic rings. The molecule has 4 aliphatic carbocycles. The van der Waals surface area contributed by atoms with Crippen molar-refractivity contribution >= 4 is 5.97 Å². The molecule has 3 nitrogen and oxygen atoms in total. The summed E-state index contributed by atoms with van der Waals surface area (Å²) in [5.41, 5.74) is 1.47. The first-order valence-electron chi connectivity index (χ1n) is 10.1. The summed E-state index contributed by atoms with van der Waals surface area (Å²) in [4.78, 5) is 11.5. The minimum absolute atomic E-state index is 0.113. The molecule has 0 bridgehead atoms. The van der Waals surface area contributed by atoms with Crippen LogP contribution in [0.25, 0.3) is 0 Å². The van der Waals surface area contributed by atoms with Crippen molar-refractivity contribution in [1.29, 1.82) is 5.26 Å². The minimum Gasteiger partial charge on any atom is -0.462 e. The summed E-state index contributed by atoms with van der Waals surface area (Å²) in [6.45, 7) is 6.40. The van der Waals surface area contributed by atoms with E-state index in [9.17, 15) is 10.1 Å². The molecule has 0 N–H and O–H groups in total. The average molecular weight is 341 g/mol. The lowest BCUT2D eigenvalue weighted by Gasteiger charge is -2.59. The van der Waals surface area contributed by atoms with E-state index in [4.69, 9.17) is 4.74 Å². The molecule has 0 aromatic rings. The van der Waals surface area contributed by atoms with E-state index in [1.165, 1.54) is 32.1 Å². The van der Waals surface area contributed by atoms with Gasteiger partial charge in [0.15, 0.2) is 0 Å². The first kappa shape index (κ1) is 17.1. The molecule has 0 amide bonds. The van der Waals surface area contributed by atoms with Crippen LogP contribution in [0.5, 0.6) is 0 Å². The van der Waals surface area contributed by atoms with Crippen molar-refractivity contribution in [3.63, 3.8) is 0 Å². The smallest absolute Gasteiger partial charge is 0.302 e. The maximum absolute atomic E-state index is 11.5. The molecule has 0 radical (unpaired) electrons. The molecule has 0 heterocycles. The van der Waals surface area contributed by atoms with Crippen LogP contribution in [0.4, 0.5) is 0 Å². The molecule has 7 unspecified atom stereocenters. The van der Waals surface area contributed by atoms with Crippen LogP contribution >= 0.6 is 0 Å². The van der Waals surface area contributed by atoms with Gasteiger partial charge in [0, 0.05) is 17.9 Å². The summed E-state index contributed by atoms with van der Waals surface area (Å²) >= 11 is 0. The fourth-order valence-electron chi connectivity index (χ4n) is 7.40. The van der Waals surface area contributed by atoms with E-state index in [2.05, 4.69) is 26.0 Å². The highest BCUT2D eigenvalue weighted by Gasteiger charge is 2.60. The Kier molecular flexibility index (Phi) is 4.02.